The van der Waals surface area contributed by atoms with Crippen LogP contribution in [-0.4, -0.2) is 12.0 Å². The van der Waals surface area contributed by atoms with Crippen molar-refractivity contribution in [1.82, 2.24) is 0 Å². The number of amides is 1. The van der Waals surface area contributed by atoms with E-state index in [1.54, 1.807) is 0 Å². The Balaban J connectivity index is 2.78. The van der Waals surface area contributed by atoms with E-state index in [1.165, 1.54) is 19.1 Å². The Bertz CT molecular complexity index is 355. The predicted octanol–water partition coefficient (Wildman–Crippen LogP) is 0.661. The fourth-order valence-corrected chi connectivity index (χ4v) is 0.843. The van der Waals surface area contributed by atoms with Crippen LogP contribution in [0.2, 0.25) is 0 Å². The maximum Gasteiger partial charge on any atom is 0.258 e. The number of benzene rings is 1. The van der Waals surface area contributed by atoms with Crippen LogP contribution in [0.3, 0.4) is 0 Å². The lowest BCUT2D eigenvalue weighted by Gasteiger charge is -2.11. The normalized spacial score (nSPS) is 12.1. The molecule has 0 fully saturated rings. The Morgan fingerprint density at radius 1 is 1.57 bits per heavy atom. The van der Waals surface area contributed by atoms with E-state index in [0.717, 1.165) is 6.07 Å². The number of halogens is 1. The van der Waals surface area contributed by atoms with E-state index in [9.17, 15) is 9.18 Å². The van der Waals surface area contributed by atoms with Gasteiger partial charge in [-0.05, 0) is 19.1 Å². The summed E-state index contributed by atoms with van der Waals surface area (Å²) in [5.74, 6) is -0.968. The van der Waals surface area contributed by atoms with Crippen molar-refractivity contribution < 1.29 is 13.9 Å². The van der Waals surface area contributed by atoms with E-state index in [0.29, 0.717) is 0 Å². The number of hydrogen-bond acceptors (Lipinski definition) is 3. The molecule has 1 atom stereocenters. The monoisotopic (exact) mass is 198 g/mol. The molecular formula is C9H11FN2O2. The molecule has 0 saturated heterocycles. The number of carbonyl (C=O) groups excluding carboxylic acids is 1. The van der Waals surface area contributed by atoms with Gasteiger partial charge in [-0.15, -0.1) is 0 Å². The van der Waals surface area contributed by atoms with E-state index in [4.69, 9.17) is 16.2 Å². The number of nitrogen functional groups attached to an aromatic ring is 1. The summed E-state index contributed by atoms with van der Waals surface area (Å²) in [5, 5.41) is 0. The molecule has 0 radical (unpaired) electrons. The first-order valence-corrected chi connectivity index (χ1v) is 4.01. The van der Waals surface area contributed by atoms with E-state index >= 15 is 0 Å². The zero-order chi connectivity index (χ0) is 10.7. The SMILES string of the molecule is CC(Oc1ccc(N)c(F)c1)C(N)=O. The van der Waals surface area contributed by atoms with Gasteiger partial charge in [-0.1, -0.05) is 0 Å². The molecule has 0 aliphatic carbocycles. The molecule has 1 aromatic rings. The van der Waals surface area contributed by atoms with Gasteiger partial charge in [0.2, 0.25) is 0 Å². The molecule has 14 heavy (non-hydrogen) atoms. The lowest BCUT2D eigenvalue weighted by atomic mass is 10.3. The van der Waals surface area contributed by atoms with E-state index in [-0.39, 0.29) is 11.4 Å². The summed E-state index contributed by atoms with van der Waals surface area (Å²) in [4.78, 5) is 10.6. The van der Waals surface area contributed by atoms with Crippen molar-refractivity contribution in [3.05, 3.63) is 24.0 Å². The minimum atomic E-state index is -0.793. The summed E-state index contributed by atoms with van der Waals surface area (Å²) in [5.41, 5.74) is 10.3. The summed E-state index contributed by atoms with van der Waals surface area (Å²) < 4.78 is 18.0. The van der Waals surface area contributed by atoms with Crippen LogP contribution < -0.4 is 16.2 Å². The molecule has 5 heteroatoms. The second kappa shape index (κ2) is 3.95. The molecule has 4 nitrogen and oxygen atoms in total. The van der Waals surface area contributed by atoms with Gasteiger partial charge in [0.25, 0.3) is 5.91 Å². The van der Waals surface area contributed by atoms with Crippen molar-refractivity contribution in [2.45, 2.75) is 13.0 Å². The van der Waals surface area contributed by atoms with Crippen LogP contribution >= 0.6 is 0 Å². The van der Waals surface area contributed by atoms with Crippen LogP contribution in [0.15, 0.2) is 18.2 Å². The van der Waals surface area contributed by atoms with Gasteiger partial charge in [-0.25, -0.2) is 4.39 Å². The minimum absolute atomic E-state index is 0.0316. The van der Waals surface area contributed by atoms with Crippen molar-refractivity contribution in [1.29, 1.82) is 0 Å². The molecule has 0 aliphatic heterocycles. The molecule has 1 aromatic carbocycles. The van der Waals surface area contributed by atoms with E-state index in [1.807, 2.05) is 0 Å². The number of primary amides is 1. The maximum absolute atomic E-state index is 12.9. The Morgan fingerprint density at radius 3 is 2.71 bits per heavy atom. The zero-order valence-electron chi connectivity index (χ0n) is 7.66. The first kappa shape index (κ1) is 10.3. The molecule has 0 aromatic heterocycles. The highest BCUT2D eigenvalue weighted by atomic mass is 19.1. The van der Waals surface area contributed by atoms with Crippen LogP contribution in [0.25, 0.3) is 0 Å². The number of anilines is 1. The summed E-state index contributed by atoms with van der Waals surface area (Å²) in [7, 11) is 0. The van der Waals surface area contributed by atoms with Gasteiger partial charge in [0, 0.05) is 6.07 Å². The molecular weight excluding hydrogens is 187 g/mol. The molecule has 1 unspecified atom stereocenters. The van der Waals surface area contributed by atoms with Crippen molar-refractivity contribution in [2.24, 2.45) is 5.73 Å². The quantitative estimate of drug-likeness (QED) is 0.700. The lowest BCUT2D eigenvalue weighted by molar-refractivity contribution is -0.123. The number of hydrogen-bond donors (Lipinski definition) is 2. The van der Waals surface area contributed by atoms with Gasteiger partial charge < -0.3 is 16.2 Å². The molecule has 0 heterocycles. The van der Waals surface area contributed by atoms with Crippen LogP contribution in [0, 0.1) is 5.82 Å². The summed E-state index contributed by atoms with van der Waals surface area (Å²) >= 11 is 0. The average molecular weight is 198 g/mol. The zero-order valence-corrected chi connectivity index (χ0v) is 7.66. The van der Waals surface area contributed by atoms with Gasteiger partial charge in [-0.2, -0.15) is 0 Å². The van der Waals surface area contributed by atoms with Crippen LogP contribution in [0.5, 0.6) is 5.75 Å². The van der Waals surface area contributed by atoms with Gasteiger partial charge >= 0.3 is 0 Å². The van der Waals surface area contributed by atoms with Crippen molar-refractivity contribution in [3.63, 3.8) is 0 Å². The van der Waals surface area contributed by atoms with Crippen molar-refractivity contribution in [3.8, 4) is 5.75 Å². The molecule has 1 amide bonds. The molecule has 0 bridgehead atoms. The van der Waals surface area contributed by atoms with Crippen molar-refractivity contribution in [2.75, 3.05) is 5.73 Å². The molecule has 0 aliphatic rings. The topological polar surface area (TPSA) is 78.3 Å². The molecule has 0 spiro atoms. The second-order valence-electron chi connectivity index (χ2n) is 2.85. The Hall–Kier alpha value is -1.78. The average Bonchev–Trinajstić information content (AvgIpc) is 2.11. The number of nitrogens with two attached hydrogens (primary N) is 2. The van der Waals surface area contributed by atoms with E-state index in [2.05, 4.69) is 0 Å². The second-order valence-corrected chi connectivity index (χ2v) is 2.85. The van der Waals surface area contributed by atoms with Gasteiger partial charge in [-0.3, -0.25) is 4.79 Å². The molecule has 4 N–H and O–H groups in total. The molecule has 1 rings (SSSR count). The number of carbonyl (C=O) groups is 1. The smallest absolute Gasteiger partial charge is 0.258 e. The lowest BCUT2D eigenvalue weighted by Crippen LogP contribution is -2.30. The molecule has 76 valence electrons. The Kier molecular flexibility index (Phi) is 2.91. The van der Waals surface area contributed by atoms with Gasteiger partial charge in [0.05, 0.1) is 5.69 Å². The Morgan fingerprint density at radius 2 is 2.21 bits per heavy atom. The first-order chi connectivity index (χ1) is 6.50. The highest BCUT2D eigenvalue weighted by molar-refractivity contribution is 5.78. The van der Waals surface area contributed by atoms with E-state index < -0.39 is 17.8 Å². The standard InChI is InChI=1S/C9H11FN2O2/c1-5(9(12)13)14-6-2-3-8(11)7(10)4-6/h2-5H,11H2,1H3,(H2,12,13). The van der Waals surface area contributed by atoms with Crippen molar-refractivity contribution >= 4 is 11.6 Å². The third-order valence-corrected chi connectivity index (χ3v) is 1.69. The minimum Gasteiger partial charge on any atom is -0.481 e. The number of rotatable bonds is 3. The summed E-state index contributed by atoms with van der Waals surface area (Å²) in [6.07, 6.45) is -0.793. The Labute approximate surface area is 80.6 Å². The summed E-state index contributed by atoms with van der Waals surface area (Å²) in [6, 6.07) is 3.94. The highest BCUT2D eigenvalue weighted by Crippen LogP contribution is 2.18. The third kappa shape index (κ3) is 2.35. The highest BCUT2D eigenvalue weighted by Gasteiger charge is 2.10. The summed E-state index contributed by atoms with van der Waals surface area (Å²) in [6.45, 7) is 1.48. The van der Waals surface area contributed by atoms with Crippen LogP contribution in [0.4, 0.5) is 10.1 Å². The fourth-order valence-electron chi connectivity index (χ4n) is 0.843. The van der Waals surface area contributed by atoms with Crippen LogP contribution in [-0.2, 0) is 4.79 Å². The predicted molar refractivity (Wildman–Crippen MR) is 50.1 cm³/mol. The first-order valence-electron chi connectivity index (χ1n) is 4.01. The third-order valence-electron chi connectivity index (χ3n) is 1.69. The maximum atomic E-state index is 12.9. The largest absolute Gasteiger partial charge is 0.481 e. The van der Waals surface area contributed by atoms with Gasteiger partial charge in [0.1, 0.15) is 11.6 Å². The molecule has 0 saturated carbocycles. The van der Waals surface area contributed by atoms with Gasteiger partial charge in [0.15, 0.2) is 6.10 Å². The van der Waals surface area contributed by atoms with Crippen LogP contribution in [0.1, 0.15) is 6.92 Å². The number of ether oxygens (including phenoxy) is 1. The fraction of sp³-hybridized carbons (Fsp3) is 0.222.